The van der Waals surface area contributed by atoms with Gasteiger partial charge >= 0.3 is 0 Å². The highest BCUT2D eigenvalue weighted by Crippen LogP contribution is 2.43. The molecule has 0 radical (unpaired) electrons. The first kappa shape index (κ1) is 54.7. The predicted octanol–water partition coefficient (Wildman–Crippen LogP) is 9.49. The number of Topliss-reactive ketones (excluding diaryl/α,β-unsaturated/α-hetero) is 1. The molecule has 76 heavy (non-hydrogen) atoms. The number of carbonyl (C=O) groups is 4. The molecule has 0 fully saturated rings. The molecule has 0 aliphatic carbocycles. The number of methoxy groups -OCH3 is 1. The van der Waals surface area contributed by atoms with Crippen molar-refractivity contribution in [2.24, 2.45) is 0 Å². The molecular formula is C58H67N5O10S3. The van der Waals surface area contributed by atoms with Crippen molar-refractivity contribution in [3.05, 3.63) is 136 Å². The minimum atomic E-state index is -4.05. The molecule has 0 bridgehead atoms. The first-order valence-electron chi connectivity index (χ1n) is 25.9. The molecule has 1 unspecified atom stereocenters. The van der Waals surface area contributed by atoms with E-state index in [9.17, 15) is 27.6 Å². The summed E-state index contributed by atoms with van der Waals surface area (Å²) in [5.41, 5.74) is 10.1. The van der Waals surface area contributed by atoms with Gasteiger partial charge in [0.05, 0.1) is 38.1 Å². The second-order valence-corrected chi connectivity index (χ2v) is 25.6. The summed E-state index contributed by atoms with van der Waals surface area (Å²) < 4.78 is 48.5. The first-order chi connectivity index (χ1) is 36.5. The van der Waals surface area contributed by atoms with E-state index in [0.717, 1.165) is 65.7 Å². The summed E-state index contributed by atoms with van der Waals surface area (Å²) in [6.07, 6.45) is 3.93. The number of likely N-dealkylation sites (N-methyl/N-ethyl adjacent to an activating group) is 2. The van der Waals surface area contributed by atoms with Gasteiger partial charge in [-0.3, -0.25) is 23.4 Å². The highest BCUT2D eigenvalue weighted by atomic mass is 33.1. The third-order valence-corrected chi connectivity index (χ3v) is 19.7. The number of ketones is 1. The zero-order valence-electron chi connectivity index (χ0n) is 44.2. The lowest BCUT2D eigenvalue weighted by atomic mass is 9.99. The largest absolute Gasteiger partial charge is 0.493 e. The monoisotopic (exact) mass is 1090 g/mol. The van der Waals surface area contributed by atoms with Gasteiger partial charge in [0.2, 0.25) is 5.91 Å². The van der Waals surface area contributed by atoms with Crippen LogP contribution in [0, 0.1) is 6.92 Å². The van der Waals surface area contributed by atoms with Crippen LogP contribution in [0.15, 0.2) is 91.0 Å². The van der Waals surface area contributed by atoms with Gasteiger partial charge in [-0.25, -0.2) is 0 Å². The number of aryl methyl sites for hydroxylation is 2. The maximum absolute atomic E-state index is 14.2. The Bertz CT molecular complexity index is 3150. The van der Waals surface area contributed by atoms with E-state index in [1.54, 1.807) is 24.0 Å². The van der Waals surface area contributed by atoms with Crippen molar-refractivity contribution < 1.29 is 46.0 Å². The summed E-state index contributed by atoms with van der Waals surface area (Å²) in [5, 5.41) is 4.76. The zero-order chi connectivity index (χ0) is 53.9. The minimum absolute atomic E-state index is 0.0111. The van der Waals surface area contributed by atoms with Crippen molar-refractivity contribution in [2.75, 3.05) is 66.7 Å². The number of fused-ring (bicyclic) bond motifs is 8. The summed E-state index contributed by atoms with van der Waals surface area (Å²) in [6, 6.07) is 29.6. The van der Waals surface area contributed by atoms with Crippen LogP contribution in [0.25, 0.3) is 0 Å². The average molecular weight is 1090 g/mol. The number of hydrogen-bond acceptors (Lipinski definition) is 14. The fourth-order valence-electron chi connectivity index (χ4n) is 10.7. The maximum Gasteiger partial charge on any atom is 0.277 e. The molecule has 0 spiro atoms. The topological polar surface area (TPSA) is 173 Å². The molecule has 4 aliphatic heterocycles. The number of nitrogens with one attached hydrogen (secondary N) is 2. The lowest BCUT2D eigenvalue weighted by Gasteiger charge is -2.25. The Morgan fingerprint density at radius 1 is 0.789 bits per heavy atom. The lowest BCUT2D eigenvalue weighted by Crippen LogP contribution is -2.41. The summed E-state index contributed by atoms with van der Waals surface area (Å²) in [5.74, 6) is 1.26. The third-order valence-electron chi connectivity index (χ3n) is 14.7. The number of rotatable bonds is 22. The van der Waals surface area contributed by atoms with E-state index in [1.807, 2.05) is 117 Å². The van der Waals surface area contributed by atoms with E-state index in [0.29, 0.717) is 65.7 Å². The molecule has 9 rings (SSSR count). The van der Waals surface area contributed by atoms with Crippen molar-refractivity contribution in [3.8, 4) is 17.2 Å². The van der Waals surface area contributed by atoms with Gasteiger partial charge in [-0.2, -0.15) is 8.42 Å². The van der Waals surface area contributed by atoms with Crippen molar-refractivity contribution in [1.29, 1.82) is 0 Å². The van der Waals surface area contributed by atoms with Crippen LogP contribution in [0.2, 0.25) is 0 Å². The number of nitrogens with zero attached hydrogens (tertiary/aromatic N) is 3. The predicted molar refractivity (Wildman–Crippen MR) is 302 cm³/mol. The Balaban J connectivity index is 0.912. The molecule has 4 aliphatic rings. The molecule has 5 aromatic carbocycles. The van der Waals surface area contributed by atoms with Gasteiger partial charge in [-0.15, -0.1) is 0 Å². The van der Waals surface area contributed by atoms with Gasteiger partial charge in [-0.1, -0.05) is 64.9 Å². The van der Waals surface area contributed by atoms with E-state index in [-0.39, 0.29) is 67.2 Å². The second-order valence-electron chi connectivity index (χ2n) is 20.6. The minimum Gasteiger partial charge on any atom is -0.493 e. The molecule has 2 N–H and O–H groups in total. The molecular weight excluding hydrogens is 1020 g/mol. The molecule has 3 atom stereocenters. The molecule has 0 aromatic heterocycles. The van der Waals surface area contributed by atoms with Crippen LogP contribution in [0.4, 0.5) is 22.7 Å². The number of anilines is 4. The third kappa shape index (κ3) is 11.9. The Kier molecular flexibility index (Phi) is 16.8. The Labute approximate surface area is 454 Å². The van der Waals surface area contributed by atoms with Crippen LogP contribution in [0.3, 0.4) is 0 Å². The quantitative estimate of drug-likeness (QED) is 0.0381. The van der Waals surface area contributed by atoms with Gasteiger partial charge < -0.3 is 39.5 Å². The number of carbonyl (C=O) groups excluding carboxylic acids is 4. The highest BCUT2D eigenvalue weighted by molar-refractivity contribution is 8.77. The number of para-hydroxylation sites is 2. The number of benzene rings is 5. The number of ether oxygens (including phenoxy) is 3. The average Bonchev–Trinajstić information content (AvgIpc) is 4.01. The van der Waals surface area contributed by atoms with Crippen molar-refractivity contribution in [2.45, 2.75) is 108 Å². The maximum atomic E-state index is 14.2. The summed E-state index contributed by atoms with van der Waals surface area (Å²) >= 11 is 0. The van der Waals surface area contributed by atoms with E-state index < -0.39 is 21.2 Å². The second kappa shape index (κ2) is 23.3. The Morgan fingerprint density at radius 2 is 1.43 bits per heavy atom. The molecule has 0 saturated heterocycles. The van der Waals surface area contributed by atoms with Crippen LogP contribution in [-0.2, 0) is 56.4 Å². The molecule has 15 nitrogen and oxygen atoms in total. The van der Waals surface area contributed by atoms with E-state index >= 15 is 0 Å². The first-order valence-corrected chi connectivity index (χ1v) is 29.7. The van der Waals surface area contributed by atoms with Crippen molar-refractivity contribution >= 4 is 78.0 Å². The lowest BCUT2D eigenvalue weighted by molar-refractivity contribution is -0.118. The SMILES string of the molecule is CCNCC(=O)C(CCSSC(C)(C)CCC(=O)Nc1cc(COc2cc3c(cc2C)C(=O)N2c4ccccc4C[C@H]2CN3C)cc(COc2cc3c(cc2OC)C(=O)N2c4ccccc4C[C@H]2CC3)c1)S(=O)(=O)OC. The molecule has 402 valence electrons. The van der Waals surface area contributed by atoms with Gasteiger partial charge in [-0.05, 0) is 148 Å². The van der Waals surface area contributed by atoms with E-state index in [1.165, 1.54) is 21.9 Å². The molecule has 0 saturated carbocycles. The smallest absolute Gasteiger partial charge is 0.277 e. The molecule has 3 amide bonds. The Hall–Kier alpha value is -6.05. The normalized spacial score (nSPS) is 17.1. The van der Waals surface area contributed by atoms with Gasteiger partial charge in [0, 0.05) is 65.2 Å². The molecule has 18 heteroatoms. The van der Waals surface area contributed by atoms with E-state index in [4.69, 9.17) is 18.4 Å². The van der Waals surface area contributed by atoms with Crippen LogP contribution >= 0.6 is 21.6 Å². The van der Waals surface area contributed by atoms with E-state index in [2.05, 4.69) is 27.7 Å². The van der Waals surface area contributed by atoms with Gasteiger partial charge in [0.1, 0.15) is 24.2 Å². The fourth-order valence-corrected chi connectivity index (χ4v) is 14.6. The summed E-state index contributed by atoms with van der Waals surface area (Å²) in [6.45, 7) is 9.25. The fraction of sp³-hybridized carbons (Fsp3) is 0.414. The van der Waals surface area contributed by atoms with Crippen LogP contribution in [0.5, 0.6) is 17.2 Å². The van der Waals surface area contributed by atoms with Crippen LogP contribution in [0.1, 0.15) is 101 Å². The molecule has 5 aromatic rings. The highest BCUT2D eigenvalue weighted by Gasteiger charge is 2.40. The number of amides is 3. The van der Waals surface area contributed by atoms with Crippen LogP contribution < -0.4 is 39.5 Å². The zero-order valence-corrected chi connectivity index (χ0v) is 46.7. The van der Waals surface area contributed by atoms with Crippen molar-refractivity contribution in [3.63, 3.8) is 0 Å². The standard InChI is InChI=1S/C58H67N5O10S3/c1-8-59-32-50(64)54(76(68,69)71-7)20-22-74-75-58(3,4)21-19-55(65)60-42-25-37(34-72-51-31-49-46(23-36(51)2)57(67)63-44(33-61(49)5)28-41-14-10-12-16-48(41)63)24-38(26-42)35-73-53-29-39-17-18-43-27-40-13-9-11-15-47(40)62(43)56(66)45(39)30-52(53)70-6/h9-16,23-26,29-31,43-44,54,59H,8,17-22,27-28,32-35H2,1-7H3,(H,60,65)/t43-,44+,54?/m1/s1. The van der Waals surface area contributed by atoms with Crippen molar-refractivity contribution in [1.82, 2.24) is 5.32 Å². The van der Waals surface area contributed by atoms with Crippen LogP contribution in [-0.4, -0.2) is 101 Å². The summed E-state index contributed by atoms with van der Waals surface area (Å²) in [4.78, 5) is 61.0. The summed E-state index contributed by atoms with van der Waals surface area (Å²) in [7, 11) is 3.60. The van der Waals surface area contributed by atoms with Gasteiger partial charge in [0.15, 0.2) is 17.3 Å². The van der Waals surface area contributed by atoms with Gasteiger partial charge in [0.25, 0.3) is 21.9 Å². The molecule has 4 heterocycles. The number of hydrogen-bond donors (Lipinski definition) is 2. The Morgan fingerprint density at radius 3 is 2.11 bits per heavy atom.